The van der Waals surface area contributed by atoms with Crippen molar-refractivity contribution in [2.75, 3.05) is 11.1 Å². The van der Waals surface area contributed by atoms with E-state index in [1.165, 1.54) is 16.6 Å². The highest BCUT2D eigenvalue weighted by Crippen LogP contribution is 2.45. The number of rotatable bonds is 6. The van der Waals surface area contributed by atoms with E-state index in [2.05, 4.69) is 47.2 Å². The van der Waals surface area contributed by atoms with E-state index in [0.717, 1.165) is 31.2 Å². The van der Waals surface area contributed by atoms with E-state index in [-0.39, 0.29) is 17.1 Å². The summed E-state index contributed by atoms with van der Waals surface area (Å²) in [4.78, 5) is 22.2. The molecule has 1 unspecified atom stereocenters. The Hall–Kier alpha value is -2.44. The predicted molar refractivity (Wildman–Crippen MR) is 119 cm³/mol. The monoisotopic (exact) mass is 440 g/mol. The van der Waals surface area contributed by atoms with Crippen LogP contribution in [0.1, 0.15) is 49.6 Å². The Bertz CT molecular complexity index is 1090. The molecule has 0 radical (unpaired) electrons. The van der Waals surface area contributed by atoms with Gasteiger partial charge in [0, 0.05) is 17.3 Å². The average Bonchev–Trinajstić information content (AvgIpc) is 3.31. The maximum Gasteiger partial charge on any atom is 0.253 e. The van der Waals surface area contributed by atoms with Crippen molar-refractivity contribution >= 4 is 39.8 Å². The Morgan fingerprint density at radius 1 is 1.50 bits per heavy atom. The number of nitrogens with one attached hydrogen (secondary N) is 1. The molecule has 0 saturated heterocycles. The van der Waals surface area contributed by atoms with Gasteiger partial charge in [0.1, 0.15) is 11.1 Å². The van der Waals surface area contributed by atoms with Crippen LogP contribution < -0.4 is 5.32 Å². The van der Waals surface area contributed by atoms with Crippen molar-refractivity contribution in [3.63, 3.8) is 0 Å². The first kappa shape index (κ1) is 20.8. The predicted octanol–water partition coefficient (Wildman–Crippen LogP) is 4.33. The van der Waals surface area contributed by atoms with Crippen molar-refractivity contribution in [3.8, 4) is 6.07 Å². The molecule has 7 nitrogen and oxygen atoms in total. The third-order valence-electron chi connectivity index (χ3n) is 6.08. The molecule has 0 saturated carbocycles. The van der Waals surface area contributed by atoms with Crippen molar-refractivity contribution in [2.45, 2.75) is 51.6 Å². The number of aromatic nitrogens is 4. The van der Waals surface area contributed by atoms with Crippen molar-refractivity contribution in [3.05, 3.63) is 34.5 Å². The molecule has 156 valence electrons. The SMILES string of the molecule is CCC(C)(C)C1CCc2c(sc(NC(=O)CSc3nc4ncccn4n3)c2C#N)C1. The molecule has 3 aromatic rings. The van der Waals surface area contributed by atoms with Crippen LogP contribution in [0.4, 0.5) is 5.00 Å². The van der Waals surface area contributed by atoms with Gasteiger partial charge in [-0.2, -0.15) is 10.2 Å². The van der Waals surface area contributed by atoms with Gasteiger partial charge < -0.3 is 5.32 Å². The molecule has 9 heteroatoms. The molecule has 3 heterocycles. The van der Waals surface area contributed by atoms with Crippen LogP contribution in [0, 0.1) is 22.7 Å². The van der Waals surface area contributed by atoms with Gasteiger partial charge in [0.15, 0.2) is 0 Å². The van der Waals surface area contributed by atoms with Crippen LogP contribution in [0.5, 0.6) is 0 Å². The molecular formula is C21H24N6OS2. The van der Waals surface area contributed by atoms with Crippen LogP contribution in [-0.4, -0.2) is 31.2 Å². The quantitative estimate of drug-likeness (QED) is 0.573. The largest absolute Gasteiger partial charge is 0.316 e. The number of thioether (sulfide) groups is 1. The average molecular weight is 441 g/mol. The smallest absolute Gasteiger partial charge is 0.253 e. The highest BCUT2D eigenvalue weighted by molar-refractivity contribution is 7.99. The van der Waals surface area contributed by atoms with Gasteiger partial charge in [-0.25, -0.2) is 9.50 Å². The summed E-state index contributed by atoms with van der Waals surface area (Å²) in [6, 6.07) is 4.10. The summed E-state index contributed by atoms with van der Waals surface area (Å²) in [5.74, 6) is 1.12. The van der Waals surface area contributed by atoms with Gasteiger partial charge in [-0.3, -0.25) is 4.79 Å². The third-order valence-corrected chi connectivity index (χ3v) is 8.08. The van der Waals surface area contributed by atoms with E-state index < -0.39 is 0 Å². The van der Waals surface area contributed by atoms with E-state index in [9.17, 15) is 10.1 Å². The number of hydrogen-bond acceptors (Lipinski definition) is 7. The summed E-state index contributed by atoms with van der Waals surface area (Å²) in [6.07, 6.45) is 7.54. The fourth-order valence-electron chi connectivity index (χ4n) is 3.82. The first-order chi connectivity index (χ1) is 14.4. The van der Waals surface area contributed by atoms with Crippen LogP contribution in [0.3, 0.4) is 0 Å². The van der Waals surface area contributed by atoms with Gasteiger partial charge in [-0.15, -0.1) is 16.4 Å². The zero-order chi connectivity index (χ0) is 21.3. The normalized spacial score (nSPS) is 16.3. The molecule has 3 aromatic heterocycles. The molecule has 0 fully saturated rings. The number of fused-ring (bicyclic) bond motifs is 2. The minimum atomic E-state index is -0.160. The molecule has 0 bridgehead atoms. The molecule has 1 aliphatic rings. The lowest BCUT2D eigenvalue weighted by Gasteiger charge is -2.36. The number of hydrogen-bond donors (Lipinski definition) is 1. The molecule has 0 aliphatic heterocycles. The summed E-state index contributed by atoms with van der Waals surface area (Å²) < 4.78 is 1.58. The number of nitrogens with zero attached hydrogens (tertiary/aromatic N) is 5. The molecule has 1 aliphatic carbocycles. The van der Waals surface area contributed by atoms with E-state index in [1.54, 1.807) is 34.3 Å². The second-order valence-electron chi connectivity index (χ2n) is 8.20. The van der Waals surface area contributed by atoms with Crippen LogP contribution in [-0.2, 0) is 17.6 Å². The summed E-state index contributed by atoms with van der Waals surface area (Å²) in [5, 5.41) is 18.1. The fraction of sp³-hybridized carbons (Fsp3) is 0.476. The van der Waals surface area contributed by atoms with Gasteiger partial charge in [-0.05, 0) is 42.2 Å². The maximum atomic E-state index is 12.5. The van der Waals surface area contributed by atoms with Gasteiger partial charge in [0.05, 0.1) is 11.3 Å². The Morgan fingerprint density at radius 2 is 2.33 bits per heavy atom. The Kier molecular flexibility index (Phi) is 5.80. The zero-order valence-electron chi connectivity index (χ0n) is 17.3. The van der Waals surface area contributed by atoms with Crippen LogP contribution in [0.2, 0.25) is 0 Å². The minimum absolute atomic E-state index is 0.160. The first-order valence-electron chi connectivity index (χ1n) is 10.1. The van der Waals surface area contributed by atoms with Gasteiger partial charge >= 0.3 is 0 Å². The Balaban J connectivity index is 1.44. The molecule has 30 heavy (non-hydrogen) atoms. The van der Waals surface area contributed by atoms with E-state index in [1.807, 2.05) is 0 Å². The summed E-state index contributed by atoms with van der Waals surface area (Å²) in [7, 11) is 0. The lowest BCUT2D eigenvalue weighted by Crippen LogP contribution is -2.28. The maximum absolute atomic E-state index is 12.5. The van der Waals surface area contributed by atoms with Crippen molar-refractivity contribution in [1.82, 2.24) is 19.6 Å². The summed E-state index contributed by atoms with van der Waals surface area (Å²) in [5.41, 5.74) is 2.04. The van der Waals surface area contributed by atoms with E-state index in [4.69, 9.17) is 0 Å². The molecule has 0 aromatic carbocycles. The van der Waals surface area contributed by atoms with Crippen molar-refractivity contribution in [2.24, 2.45) is 11.3 Å². The van der Waals surface area contributed by atoms with Crippen LogP contribution in [0.25, 0.3) is 5.78 Å². The number of anilines is 1. The lowest BCUT2D eigenvalue weighted by molar-refractivity contribution is -0.113. The molecular weight excluding hydrogens is 416 g/mol. The highest BCUT2D eigenvalue weighted by atomic mass is 32.2. The molecule has 1 N–H and O–H groups in total. The van der Waals surface area contributed by atoms with Crippen LogP contribution >= 0.6 is 23.1 Å². The lowest BCUT2D eigenvalue weighted by atomic mass is 9.69. The van der Waals surface area contributed by atoms with Crippen LogP contribution in [0.15, 0.2) is 23.6 Å². The Morgan fingerprint density at radius 3 is 3.07 bits per heavy atom. The molecule has 1 atom stereocenters. The zero-order valence-corrected chi connectivity index (χ0v) is 18.9. The minimum Gasteiger partial charge on any atom is -0.316 e. The highest BCUT2D eigenvalue weighted by Gasteiger charge is 2.34. The van der Waals surface area contributed by atoms with Crippen molar-refractivity contribution < 1.29 is 4.79 Å². The second-order valence-corrected chi connectivity index (χ2v) is 10.2. The summed E-state index contributed by atoms with van der Waals surface area (Å²) >= 11 is 2.82. The van der Waals surface area contributed by atoms with E-state index >= 15 is 0 Å². The number of carbonyl (C=O) groups excluding carboxylic acids is 1. The second kappa shape index (κ2) is 8.36. The topological polar surface area (TPSA) is 96.0 Å². The van der Waals surface area contributed by atoms with Gasteiger partial charge in [-0.1, -0.05) is 39.0 Å². The molecule has 4 rings (SSSR count). The standard InChI is InChI=1S/C21H24N6OS2/c1-4-21(2,3)13-6-7-14-15(11-22)18(30-16(14)10-13)24-17(28)12-29-20-25-19-23-8-5-9-27(19)26-20/h5,8-9,13H,4,6-7,10,12H2,1-3H3,(H,24,28). The number of carbonyl (C=O) groups is 1. The molecule has 1 amide bonds. The van der Waals surface area contributed by atoms with E-state index in [0.29, 0.717) is 27.4 Å². The number of amides is 1. The molecule has 0 spiro atoms. The summed E-state index contributed by atoms with van der Waals surface area (Å²) in [6.45, 7) is 6.89. The first-order valence-corrected chi connectivity index (χ1v) is 11.9. The third kappa shape index (κ3) is 4.07. The number of nitriles is 1. The Labute approximate surface area is 183 Å². The van der Waals surface area contributed by atoms with Gasteiger partial charge in [0.2, 0.25) is 11.1 Å². The van der Waals surface area contributed by atoms with Crippen molar-refractivity contribution in [1.29, 1.82) is 5.26 Å². The van der Waals surface area contributed by atoms with Gasteiger partial charge in [0.25, 0.3) is 5.78 Å². The fourth-order valence-corrected chi connectivity index (χ4v) is 5.73. The number of thiophene rings is 1.